The molecule has 1 aromatic carbocycles. The number of nitrogens with one attached hydrogen (secondary N) is 1. The Hall–Kier alpha value is -1.48. The molecule has 1 atom stereocenters. The Kier molecular flexibility index (Phi) is 6.21. The lowest BCUT2D eigenvalue weighted by Crippen LogP contribution is -2.54. The largest absolute Gasteiger partial charge is 0.355 e. The Labute approximate surface area is 149 Å². The first kappa shape index (κ1) is 19.8. The maximum atomic E-state index is 12.1. The smallest absolute Gasteiger partial charge is 0.238 e. The van der Waals surface area contributed by atoms with Gasteiger partial charge in [0.2, 0.25) is 15.9 Å². The number of hydrogen-bond donors (Lipinski definition) is 3. The Morgan fingerprint density at radius 3 is 2.52 bits per heavy atom. The average Bonchev–Trinajstić information content (AvgIpc) is 2.50. The van der Waals surface area contributed by atoms with Crippen LogP contribution in [0.25, 0.3) is 0 Å². The van der Waals surface area contributed by atoms with Crippen molar-refractivity contribution >= 4 is 15.9 Å². The first-order valence-corrected chi connectivity index (χ1v) is 9.99. The van der Waals surface area contributed by atoms with Gasteiger partial charge in [0.15, 0.2) is 0 Å². The Morgan fingerprint density at radius 2 is 1.96 bits per heavy atom. The molecule has 25 heavy (non-hydrogen) atoms. The van der Waals surface area contributed by atoms with Gasteiger partial charge >= 0.3 is 0 Å². The van der Waals surface area contributed by atoms with Gasteiger partial charge < -0.3 is 11.1 Å². The van der Waals surface area contributed by atoms with Crippen molar-refractivity contribution in [1.29, 1.82) is 0 Å². The Balaban J connectivity index is 1.75. The summed E-state index contributed by atoms with van der Waals surface area (Å²) in [6, 6.07) is 6.55. The Bertz CT molecular complexity index is 701. The summed E-state index contributed by atoms with van der Waals surface area (Å²) < 4.78 is 22.4. The summed E-state index contributed by atoms with van der Waals surface area (Å²) in [6.07, 6.45) is 1.53. The minimum Gasteiger partial charge on any atom is -0.355 e. The number of carbonyl (C=O) groups excluding carboxylic acids is 1. The van der Waals surface area contributed by atoms with Crippen molar-refractivity contribution in [3.63, 3.8) is 0 Å². The molecule has 1 aliphatic rings. The highest BCUT2D eigenvalue weighted by Gasteiger charge is 2.33. The molecule has 140 valence electrons. The molecule has 2 rings (SSSR count). The Morgan fingerprint density at radius 1 is 1.32 bits per heavy atom. The van der Waals surface area contributed by atoms with E-state index in [1.807, 2.05) is 0 Å². The van der Waals surface area contributed by atoms with Gasteiger partial charge in [-0.25, -0.2) is 13.6 Å². The van der Waals surface area contributed by atoms with Crippen LogP contribution in [0.3, 0.4) is 0 Å². The van der Waals surface area contributed by atoms with E-state index in [4.69, 9.17) is 10.9 Å². The molecule has 0 bridgehead atoms. The van der Waals surface area contributed by atoms with Crippen LogP contribution in [0.5, 0.6) is 0 Å². The van der Waals surface area contributed by atoms with Crippen molar-refractivity contribution in [1.82, 2.24) is 10.2 Å². The molecule has 0 radical (unpaired) electrons. The third-order valence-corrected chi connectivity index (χ3v) is 5.68. The summed E-state index contributed by atoms with van der Waals surface area (Å²) in [7, 11) is -3.67. The van der Waals surface area contributed by atoms with E-state index >= 15 is 0 Å². The zero-order valence-electron chi connectivity index (χ0n) is 14.9. The maximum absolute atomic E-state index is 12.1. The standard InChI is InChI=1S/C17H28N4O3S/c1-17(2)12-21(10-8-15(17)18)11-16(22)20-9-7-13-3-5-14(6-4-13)25(19,23)24/h3-6,15H,7-12,18H2,1-2H3,(H,20,22)(H2,19,23,24). The van der Waals surface area contributed by atoms with Gasteiger partial charge in [0, 0.05) is 25.7 Å². The topological polar surface area (TPSA) is 119 Å². The highest BCUT2D eigenvalue weighted by Crippen LogP contribution is 2.27. The number of nitrogens with two attached hydrogens (primary N) is 2. The zero-order valence-corrected chi connectivity index (χ0v) is 15.7. The summed E-state index contributed by atoms with van der Waals surface area (Å²) in [5.74, 6) is -0.00701. The SMILES string of the molecule is CC1(C)CN(CC(=O)NCCc2ccc(S(N)(=O)=O)cc2)CCC1N. The minimum absolute atomic E-state index is 0.00701. The number of primary sulfonamides is 1. The average molecular weight is 369 g/mol. The number of likely N-dealkylation sites (tertiary alicyclic amines) is 1. The minimum atomic E-state index is -3.67. The van der Waals surface area contributed by atoms with Crippen molar-refractivity contribution < 1.29 is 13.2 Å². The van der Waals surface area contributed by atoms with E-state index in [-0.39, 0.29) is 22.3 Å². The van der Waals surface area contributed by atoms with Crippen LogP contribution in [0.1, 0.15) is 25.8 Å². The number of piperidine rings is 1. The lowest BCUT2D eigenvalue weighted by Gasteiger charge is -2.42. The van der Waals surface area contributed by atoms with Gasteiger partial charge in [-0.05, 0) is 36.0 Å². The highest BCUT2D eigenvalue weighted by atomic mass is 32.2. The van der Waals surface area contributed by atoms with Gasteiger partial charge in [-0.2, -0.15) is 0 Å². The van der Waals surface area contributed by atoms with Crippen molar-refractivity contribution in [3.8, 4) is 0 Å². The van der Waals surface area contributed by atoms with Crippen LogP contribution in [-0.2, 0) is 21.2 Å². The first-order valence-electron chi connectivity index (χ1n) is 8.44. The van der Waals surface area contributed by atoms with Crippen molar-refractivity contribution in [2.45, 2.75) is 37.6 Å². The molecule has 7 nitrogen and oxygen atoms in total. The highest BCUT2D eigenvalue weighted by molar-refractivity contribution is 7.89. The predicted octanol–water partition coefficient (Wildman–Crippen LogP) is 0.0519. The van der Waals surface area contributed by atoms with Crippen molar-refractivity contribution in [2.75, 3.05) is 26.2 Å². The third-order valence-electron chi connectivity index (χ3n) is 4.75. The van der Waals surface area contributed by atoms with Gasteiger partial charge in [-0.1, -0.05) is 26.0 Å². The number of amides is 1. The normalized spacial score (nSPS) is 21.0. The van der Waals surface area contributed by atoms with Gasteiger partial charge in [0.05, 0.1) is 11.4 Å². The second-order valence-corrected chi connectivity index (χ2v) is 8.94. The lowest BCUT2D eigenvalue weighted by molar-refractivity contribution is -0.123. The van der Waals surface area contributed by atoms with Gasteiger partial charge in [0.1, 0.15) is 0 Å². The van der Waals surface area contributed by atoms with Gasteiger partial charge in [0.25, 0.3) is 0 Å². The molecular formula is C17H28N4O3S. The fourth-order valence-electron chi connectivity index (χ4n) is 3.07. The van der Waals surface area contributed by atoms with Gasteiger partial charge in [-0.15, -0.1) is 0 Å². The molecule has 1 aliphatic heterocycles. The fourth-order valence-corrected chi connectivity index (χ4v) is 3.59. The molecule has 0 spiro atoms. The molecule has 1 heterocycles. The maximum Gasteiger partial charge on any atom is 0.238 e. The summed E-state index contributed by atoms with van der Waals surface area (Å²) in [5, 5.41) is 7.97. The molecule has 1 saturated heterocycles. The zero-order chi connectivity index (χ0) is 18.7. The number of hydrogen-bond acceptors (Lipinski definition) is 5. The molecule has 0 saturated carbocycles. The van der Waals surface area contributed by atoms with E-state index in [2.05, 4.69) is 24.1 Å². The molecule has 0 aromatic heterocycles. The molecule has 1 aromatic rings. The van der Waals surface area contributed by atoms with E-state index in [1.165, 1.54) is 12.1 Å². The van der Waals surface area contributed by atoms with Crippen LogP contribution in [0.2, 0.25) is 0 Å². The first-order chi connectivity index (χ1) is 11.6. The number of carbonyl (C=O) groups is 1. The van der Waals surface area contributed by atoms with E-state index in [1.54, 1.807) is 12.1 Å². The number of sulfonamides is 1. The molecule has 1 fully saturated rings. The van der Waals surface area contributed by atoms with E-state index in [0.29, 0.717) is 19.5 Å². The quantitative estimate of drug-likeness (QED) is 0.656. The van der Waals surface area contributed by atoms with E-state index in [9.17, 15) is 13.2 Å². The fraction of sp³-hybridized carbons (Fsp3) is 0.588. The number of nitrogens with zero attached hydrogens (tertiary/aromatic N) is 1. The monoisotopic (exact) mass is 368 g/mol. The molecule has 1 unspecified atom stereocenters. The number of rotatable bonds is 6. The summed E-state index contributed by atoms with van der Waals surface area (Å²) in [6.45, 7) is 6.80. The van der Waals surface area contributed by atoms with E-state index in [0.717, 1.165) is 25.1 Å². The van der Waals surface area contributed by atoms with Crippen molar-refractivity contribution in [3.05, 3.63) is 29.8 Å². The summed E-state index contributed by atoms with van der Waals surface area (Å²) >= 11 is 0. The van der Waals surface area contributed by atoms with Crippen LogP contribution >= 0.6 is 0 Å². The molecular weight excluding hydrogens is 340 g/mol. The van der Waals surface area contributed by atoms with E-state index < -0.39 is 10.0 Å². The molecule has 0 aliphatic carbocycles. The third kappa shape index (κ3) is 5.78. The van der Waals surface area contributed by atoms with Crippen LogP contribution in [0.15, 0.2) is 29.2 Å². The summed E-state index contributed by atoms with van der Waals surface area (Å²) in [4.78, 5) is 14.3. The van der Waals surface area contributed by atoms with Crippen LogP contribution in [0, 0.1) is 5.41 Å². The van der Waals surface area contributed by atoms with Gasteiger partial charge in [-0.3, -0.25) is 9.69 Å². The molecule has 1 amide bonds. The molecule has 8 heteroatoms. The van der Waals surface area contributed by atoms with Crippen LogP contribution in [0.4, 0.5) is 0 Å². The summed E-state index contributed by atoms with van der Waals surface area (Å²) in [5.41, 5.74) is 7.07. The second kappa shape index (κ2) is 7.82. The second-order valence-electron chi connectivity index (χ2n) is 7.38. The van der Waals surface area contributed by atoms with Crippen molar-refractivity contribution in [2.24, 2.45) is 16.3 Å². The van der Waals surface area contributed by atoms with Crippen LogP contribution in [-0.4, -0.2) is 51.4 Å². The lowest BCUT2D eigenvalue weighted by atomic mass is 9.80. The predicted molar refractivity (Wildman–Crippen MR) is 97.3 cm³/mol. The number of benzene rings is 1. The molecule has 5 N–H and O–H groups in total. The van der Waals surface area contributed by atoms with Crippen LogP contribution < -0.4 is 16.2 Å².